The number of rotatable bonds is 6. The van der Waals surface area contributed by atoms with Crippen molar-refractivity contribution in [1.82, 2.24) is 5.32 Å². The van der Waals surface area contributed by atoms with Crippen molar-refractivity contribution in [1.29, 1.82) is 0 Å². The predicted octanol–water partition coefficient (Wildman–Crippen LogP) is 2.80. The molecular weight excluding hydrogens is 210 g/mol. The summed E-state index contributed by atoms with van der Waals surface area (Å²) in [6.45, 7) is 9.83. The average Bonchev–Trinajstić information content (AvgIpc) is 2.29. The van der Waals surface area contributed by atoms with Crippen LogP contribution in [0.25, 0.3) is 0 Å². The van der Waals surface area contributed by atoms with Crippen LogP contribution in [0, 0.1) is 19.8 Å². The normalized spacial score (nSPS) is 13.1. The summed E-state index contributed by atoms with van der Waals surface area (Å²) < 4.78 is 0. The Labute approximate surface area is 105 Å². The van der Waals surface area contributed by atoms with Crippen molar-refractivity contribution >= 4 is 0 Å². The molecule has 2 heteroatoms. The van der Waals surface area contributed by atoms with E-state index in [1.807, 2.05) is 0 Å². The van der Waals surface area contributed by atoms with Crippen molar-refractivity contribution in [3.05, 3.63) is 34.9 Å². The first-order valence-corrected chi connectivity index (χ1v) is 6.45. The Hall–Kier alpha value is -0.860. The Bertz CT molecular complexity index is 347. The van der Waals surface area contributed by atoms with Crippen LogP contribution in [-0.2, 0) is 6.54 Å². The van der Waals surface area contributed by atoms with Gasteiger partial charge in [0.2, 0.25) is 0 Å². The van der Waals surface area contributed by atoms with E-state index in [9.17, 15) is 0 Å². The van der Waals surface area contributed by atoms with E-state index in [1.165, 1.54) is 16.7 Å². The Kier molecular flexibility index (Phi) is 5.66. The van der Waals surface area contributed by atoms with E-state index in [-0.39, 0.29) is 6.61 Å². The predicted molar refractivity (Wildman–Crippen MR) is 73.1 cm³/mol. The quantitative estimate of drug-likeness (QED) is 0.794. The van der Waals surface area contributed by atoms with Gasteiger partial charge in [0.1, 0.15) is 0 Å². The van der Waals surface area contributed by atoms with E-state index in [2.05, 4.69) is 51.2 Å². The van der Waals surface area contributed by atoms with Crippen LogP contribution in [0.1, 0.15) is 37.0 Å². The zero-order valence-corrected chi connectivity index (χ0v) is 11.5. The van der Waals surface area contributed by atoms with Gasteiger partial charge in [0.05, 0.1) is 0 Å². The van der Waals surface area contributed by atoms with Gasteiger partial charge >= 0.3 is 0 Å². The minimum absolute atomic E-state index is 0.253. The molecule has 0 saturated heterocycles. The van der Waals surface area contributed by atoms with E-state index in [4.69, 9.17) is 5.11 Å². The standard InChI is InChI=1S/C15H25NO/c1-11(2)15(8-9-17)16-10-14-7-5-6-12(3)13(14)4/h5-7,11,15-17H,8-10H2,1-4H3. The van der Waals surface area contributed by atoms with Crippen LogP contribution in [0.15, 0.2) is 18.2 Å². The molecule has 1 aromatic carbocycles. The highest BCUT2D eigenvalue weighted by Gasteiger charge is 2.12. The Morgan fingerprint density at radius 3 is 2.53 bits per heavy atom. The van der Waals surface area contributed by atoms with Gasteiger partial charge in [-0.2, -0.15) is 0 Å². The Morgan fingerprint density at radius 2 is 1.94 bits per heavy atom. The number of aliphatic hydroxyl groups is 1. The lowest BCUT2D eigenvalue weighted by atomic mass is 9.99. The molecule has 0 amide bonds. The monoisotopic (exact) mass is 235 g/mol. The first-order valence-electron chi connectivity index (χ1n) is 6.45. The van der Waals surface area contributed by atoms with Gasteiger partial charge in [-0.05, 0) is 42.9 Å². The second-order valence-electron chi connectivity index (χ2n) is 5.10. The maximum atomic E-state index is 9.04. The average molecular weight is 235 g/mol. The van der Waals surface area contributed by atoms with Crippen LogP contribution in [0.2, 0.25) is 0 Å². The highest BCUT2D eigenvalue weighted by Crippen LogP contribution is 2.14. The summed E-state index contributed by atoms with van der Waals surface area (Å²) in [6, 6.07) is 6.81. The number of benzene rings is 1. The highest BCUT2D eigenvalue weighted by atomic mass is 16.3. The SMILES string of the molecule is Cc1cccc(CNC(CCO)C(C)C)c1C. The van der Waals surface area contributed by atoms with E-state index in [1.54, 1.807) is 0 Å². The molecule has 1 rings (SSSR count). The molecule has 0 aliphatic rings. The number of aryl methyl sites for hydroxylation is 1. The first-order chi connectivity index (χ1) is 8.06. The lowest BCUT2D eigenvalue weighted by Gasteiger charge is -2.22. The van der Waals surface area contributed by atoms with E-state index < -0.39 is 0 Å². The van der Waals surface area contributed by atoms with E-state index in [0.29, 0.717) is 12.0 Å². The number of aliphatic hydroxyl groups excluding tert-OH is 1. The molecule has 2 nitrogen and oxygen atoms in total. The van der Waals surface area contributed by atoms with E-state index in [0.717, 1.165) is 13.0 Å². The molecule has 0 bridgehead atoms. The molecular formula is C15H25NO. The van der Waals surface area contributed by atoms with Gasteiger partial charge in [-0.1, -0.05) is 32.0 Å². The molecule has 0 aliphatic heterocycles. The maximum Gasteiger partial charge on any atom is 0.0445 e. The third-order valence-corrected chi connectivity index (χ3v) is 3.52. The molecule has 1 unspecified atom stereocenters. The molecule has 1 aromatic rings. The minimum Gasteiger partial charge on any atom is -0.396 e. The third kappa shape index (κ3) is 4.14. The zero-order valence-electron chi connectivity index (χ0n) is 11.5. The van der Waals surface area contributed by atoms with Crippen LogP contribution in [0.5, 0.6) is 0 Å². The molecule has 0 fully saturated rings. The number of hydrogen-bond acceptors (Lipinski definition) is 2. The summed E-state index contributed by atoms with van der Waals surface area (Å²) in [6.07, 6.45) is 0.822. The number of hydrogen-bond donors (Lipinski definition) is 2. The molecule has 17 heavy (non-hydrogen) atoms. The Balaban J connectivity index is 2.62. The molecule has 0 spiro atoms. The zero-order chi connectivity index (χ0) is 12.8. The van der Waals surface area contributed by atoms with Gasteiger partial charge in [-0.25, -0.2) is 0 Å². The topological polar surface area (TPSA) is 32.3 Å². The van der Waals surface area contributed by atoms with Crippen LogP contribution >= 0.6 is 0 Å². The van der Waals surface area contributed by atoms with Crippen molar-refractivity contribution in [2.24, 2.45) is 5.92 Å². The fourth-order valence-electron chi connectivity index (χ4n) is 2.05. The van der Waals surface area contributed by atoms with Crippen LogP contribution < -0.4 is 5.32 Å². The van der Waals surface area contributed by atoms with E-state index >= 15 is 0 Å². The fourth-order valence-corrected chi connectivity index (χ4v) is 2.05. The van der Waals surface area contributed by atoms with Crippen LogP contribution in [-0.4, -0.2) is 17.8 Å². The van der Waals surface area contributed by atoms with Gasteiger partial charge in [0.15, 0.2) is 0 Å². The molecule has 0 radical (unpaired) electrons. The fraction of sp³-hybridized carbons (Fsp3) is 0.600. The van der Waals surface area contributed by atoms with Crippen molar-refractivity contribution in [3.8, 4) is 0 Å². The Morgan fingerprint density at radius 1 is 1.24 bits per heavy atom. The van der Waals surface area contributed by atoms with Gasteiger partial charge in [-0.15, -0.1) is 0 Å². The van der Waals surface area contributed by atoms with Gasteiger partial charge in [0, 0.05) is 19.2 Å². The molecule has 0 saturated carbocycles. The summed E-state index contributed by atoms with van der Waals surface area (Å²) in [4.78, 5) is 0. The summed E-state index contributed by atoms with van der Waals surface area (Å²) in [7, 11) is 0. The molecule has 96 valence electrons. The summed E-state index contributed by atoms with van der Waals surface area (Å²) in [5.41, 5.74) is 4.06. The first kappa shape index (κ1) is 14.2. The molecule has 0 aromatic heterocycles. The van der Waals surface area contributed by atoms with Crippen molar-refractivity contribution in [2.45, 2.75) is 46.7 Å². The lowest BCUT2D eigenvalue weighted by Crippen LogP contribution is -2.34. The highest BCUT2D eigenvalue weighted by molar-refractivity contribution is 5.32. The van der Waals surface area contributed by atoms with Crippen LogP contribution in [0.4, 0.5) is 0 Å². The molecule has 0 heterocycles. The van der Waals surface area contributed by atoms with Gasteiger partial charge < -0.3 is 10.4 Å². The maximum absolute atomic E-state index is 9.04. The number of nitrogens with one attached hydrogen (secondary N) is 1. The summed E-state index contributed by atoms with van der Waals surface area (Å²) in [5.74, 6) is 0.548. The second kappa shape index (κ2) is 6.77. The van der Waals surface area contributed by atoms with Gasteiger partial charge in [-0.3, -0.25) is 0 Å². The molecule has 2 N–H and O–H groups in total. The van der Waals surface area contributed by atoms with Gasteiger partial charge in [0.25, 0.3) is 0 Å². The van der Waals surface area contributed by atoms with Crippen molar-refractivity contribution in [2.75, 3.05) is 6.61 Å². The van der Waals surface area contributed by atoms with Crippen LogP contribution in [0.3, 0.4) is 0 Å². The summed E-state index contributed by atoms with van der Waals surface area (Å²) >= 11 is 0. The molecule has 0 aliphatic carbocycles. The van der Waals surface area contributed by atoms with Crippen molar-refractivity contribution in [3.63, 3.8) is 0 Å². The lowest BCUT2D eigenvalue weighted by molar-refractivity contribution is 0.244. The summed E-state index contributed by atoms with van der Waals surface area (Å²) in [5, 5.41) is 12.6. The minimum atomic E-state index is 0.253. The smallest absolute Gasteiger partial charge is 0.0445 e. The van der Waals surface area contributed by atoms with Crippen molar-refractivity contribution < 1.29 is 5.11 Å². The third-order valence-electron chi connectivity index (χ3n) is 3.52. The second-order valence-corrected chi connectivity index (χ2v) is 5.10. The molecule has 1 atom stereocenters. The largest absolute Gasteiger partial charge is 0.396 e.